The Morgan fingerprint density at radius 2 is 1.75 bits per heavy atom. The molecule has 1 rings (SSSR count). The van der Waals surface area contributed by atoms with Crippen LogP contribution in [0.3, 0.4) is 0 Å². The van der Waals surface area contributed by atoms with Crippen LogP contribution in [0.15, 0.2) is 24.3 Å². The molecule has 0 saturated carbocycles. The van der Waals surface area contributed by atoms with E-state index in [9.17, 15) is 18.8 Å². The van der Waals surface area contributed by atoms with E-state index in [0.29, 0.717) is 4.90 Å². The molecule has 1 aromatic rings. The summed E-state index contributed by atoms with van der Waals surface area (Å²) < 4.78 is 17.8. The van der Waals surface area contributed by atoms with Gasteiger partial charge in [-0.3, -0.25) is 14.4 Å². The molecule has 0 atom stereocenters. The lowest BCUT2D eigenvalue weighted by molar-refractivity contribution is -0.150. The Morgan fingerprint density at radius 3 is 2.25 bits per heavy atom. The summed E-state index contributed by atoms with van der Waals surface area (Å²) in [6.45, 7) is -2.08. The second-order valence-corrected chi connectivity index (χ2v) is 3.78. The van der Waals surface area contributed by atoms with E-state index in [1.165, 1.54) is 18.2 Å². The molecular weight excluding hydrogens is 273 g/mol. The summed E-state index contributed by atoms with van der Waals surface area (Å²) in [6.07, 6.45) is 0. The number of hydrogen-bond acceptors (Lipinski definition) is 4. The maximum atomic E-state index is 12.9. The van der Waals surface area contributed by atoms with Gasteiger partial charge >= 0.3 is 11.9 Å². The number of halogens is 1. The number of carboxylic acids is 2. The Morgan fingerprint density at radius 1 is 1.15 bits per heavy atom. The second-order valence-electron chi connectivity index (χ2n) is 3.78. The van der Waals surface area contributed by atoms with Gasteiger partial charge in [-0.15, -0.1) is 0 Å². The second kappa shape index (κ2) is 7.07. The minimum Gasteiger partial charge on any atom is -0.484 e. The minimum absolute atomic E-state index is 0.0870. The van der Waals surface area contributed by atoms with Crippen LogP contribution >= 0.6 is 0 Å². The molecule has 0 aliphatic rings. The molecule has 0 aliphatic heterocycles. The number of aliphatic carboxylic acids is 2. The predicted molar refractivity (Wildman–Crippen MR) is 63.7 cm³/mol. The SMILES string of the molecule is O=C(O)CN(CC(=O)O)C(=O)COc1cccc(F)c1. The van der Waals surface area contributed by atoms with Crippen LogP contribution in [0.1, 0.15) is 0 Å². The van der Waals surface area contributed by atoms with Gasteiger partial charge < -0.3 is 19.8 Å². The number of ether oxygens (including phenoxy) is 1. The first-order chi connectivity index (χ1) is 9.38. The molecule has 20 heavy (non-hydrogen) atoms. The van der Waals surface area contributed by atoms with Crippen molar-refractivity contribution >= 4 is 17.8 Å². The quantitative estimate of drug-likeness (QED) is 0.741. The monoisotopic (exact) mass is 285 g/mol. The third-order valence-electron chi connectivity index (χ3n) is 2.16. The average Bonchev–Trinajstić information content (AvgIpc) is 2.34. The first kappa shape index (κ1) is 15.4. The van der Waals surface area contributed by atoms with E-state index in [1.807, 2.05) is 0 Å². The van der Waals surface area contributed by atoms with Crippen molar-refractivity contribution in [3.63, 3.8) is 0 Å². The zero-order chi connectivity index (χ0) is 15.1. The van der Waals surface area contributed by atoms with Gasteiger partial charge in [0, 0.05) is 6.07 Å². The highest BCUT2D eigenvalue weighted by atomic mass is 19.1. The average molecular weight is 285 g/mol. The molecule has 0 unspecified atom stereocenters. The molecule has 8 heteroatoms. The summed E-state index contributed by atoms with van der Waals surface area (Å²) in [7, 11) is 0. The highest BCUT2D eigenvalue weighted by Crippen LogP contribution is 2.11. The minimum atomic E-state index is -1.34. The molecule has 0 radical (unpaired) electrons. The molecule has 0 heterocycles. The van der Waals surface area contributed by atoms with Gasteiger partial charge in [-0.2, -0.15) is 0 Å². The van der Waals surface area contributed by atoms with Crippen LogP contribution in [0.2, 0.25) is 0 Å². The maximum absolute atomic E-state index is 12.9. The molecule has 0 bridgehead atoms. The molecular formula is C12H12FNO6. The molecule has 0 saturated heterocycles. The van der Waals surface area contributed by atoms with Crippen molar-refractivity contribution in [1.82, 2.24) is 4.90 Å². The third kappa shape index (κ3) is 5.34. The first-order valence-electron chi connectivity index (χ1n) is 5.48. The predicted octanol–water partition coefficient (Wildman–Crippen LogP) is 0.202. The Hall–Kier alpha value is -2.64. The van der Waals surface area contributed by atoms with Crippen LogP contribution in [-0.2, 0) is 14.4 Å². The highest BCUT2D eigenvalue weighted by molar-refractivity contribution is 5.85. The Balaban J connectivity index is 2.61. The van der Waals surface area contributed by atoms with Crippen LogP contribution in [0, 0.1) is 5.82 Å². The van der Waals surface area contributed by atoms with Crippen LogP contribution < -0.4 is 4.74 Å². The van der Waals surface area contributed by atoms with Crippen LogP contribution in [0.5, 0.6) is 5.75 Å². The van der Waals surface area contributed by atoms with Gasteiger partial charge in [-0.25, -0.2) is 4.39 Å². The Kier molecular flexibility index (Phi) is 5.45. The van der Waals surface area contributed by atoms with Crippen LogP contribution in [0.4, 0.5) is 4.39 Å². The standard InChI is InChI=1S/C12H12FNO6/c13-8-2-1-3-9(4-8)20-7-10(15)14(5-11(16)17)6-12(18)19/h1-4H,5-7H2,(H,16,17)(H,18,19). The first-order valence-corrected chi connectivity index (χ1v) is 5.48. The Bertz CT molecular complexity index is 502. The lowest BCUT2D eigenvalue weighted by Gasteiger charge is -2.18. The van der Waals surface area contributed by atoms with Crippen molar-refractivity contribution in [1.29, 1.82) is 0 Å². The van der Waals surface area contributed by atoms with Gasteiger partial charge in [0.05, 0.1) is 0 Å². The van der Waals surface area contributed by atoms with E-state index in [2.05, 4.69) is 0 Å². The topological polar surface area (TPSA) is 104 Å². The number of carbonyl (C=O) groups excluding carboxylic acids is 1. The van der Waals surface area contributed by atoms with Crippen LogP contribution in [-0.4, -0.2) is 52.7 Å². The van der Waals surface area contributed by atoms with E-state index in [4.69, 9.17) is 14.9 Å². The number of carboxylic acid groups (broad SMARTS) is 2. The van der Waals surface area contributed by atoms with E-state index in [0.717, 1.165) is 6.07 Å². The van der Waals surface area contributed by atoms with E-state index < -0.39 is 43.4 Å². The molecule has 108 valence electrons. The van der Waals surface area contributed by atoms with Gasteiger partial charge in [0.15, 0.2) is 6.61 Å². The van der Waals surface area contributed by atoms with Crippen molar-refractivity contribution in [3.8, 4) is 5.75 Å². The highest BCUT2D eigenvalue weighted by Gasteiger charge is 2.20. The van der Waals surface area contributed by atoms with Crippen molar-refractivity contribution in [2.24, 2.45) is 0 Å². The lowest BCUT2D eigenvalue weighted by Crippen LogP contribution is -2.41. The zero-order valence-corrected chi connectivity index (χ0v) is 10.3. The van der Waals surface area contributed by atoms with Gasteiger partial charge in [-0.05, 0) is 12.1 Å². The molecule has 0 aromatic heterocycles. The summed E-state index contributed by atoms with van der Waals surface area (Å²) in [6, 6.07) is 5.03. The van der Waals surface area contributed by atoms with Gasteiger partial charge in [0.2, 0.25) is 0 Å². The molecule has 7 nitrogen and oxygen atoms in total. The van der Waals surface area contributed by atoms with Crippen molar-refractivity contribution in [2.75, 3.05) is 19.7 Å². The molecule has 0 aliphatic carbocycles. The summed E-state index contributed by atoms with van der Waals surface area (Å²) >= 11 is 0. The Labute approximate surface area is 113 Å². The number of benzene rings is 1. The summed E-state index contributed by atoms with van der Waals surface area (Å²) in [5.74, 6) is -3.97. The number of carbonyl (C=O) groups is 3. The maximum Gasteiger partial charge on any atom is 0.323 e. The normalized spacial score (nSPS) is 9.85. The van der Waals surface area contributed by atoms with Crippen molar-refractivity contribution < 1.29 is 33.7 Å². The third-order valence-corrected chi connectivity index (χ3v) is 2.16. The lowest BCUT2D eigenvalue weighted by atomic mass is 10.3. The summed E-state index contributed by atoms with van der Waals surface area (Å²) in [4.78, 5) is 33.3. The molecule has 1 aromatic carbocycles. The number of amides is 1. The largest absolute Gasteiger partial charge is 0.484 e. The van der Waals surface area contributed by atoms with Gasteiger partial charge in [-0.1, -0.05) is 6.07 Å². The molecule has 0 fully saturated rings. The fourth-order valence-corrected chi connectivity index (χ4v) is 1.35. The number of hydrogen-bond donors (Lipinski definition) is 2. The summed E-state index contributed by atoms with van der Waals surface area (Å²) in [5, 5.41) is 17.2. The van der Waals surface area contributed by atoms with Gasteiger partial charge in [0.25, 0.3) is 5.91 Å². The fourth-order valence-electron chi connectivity index (χ4n) is 1.35. The fraction of sp³-hybridized carbons (Fsp3) is 0.250. The molecule has 1 amide bonds. The zero-order valence-electron chi connectivity index (χ0n) is 10.3. The van der Waals surface area contributed by atoms with Gasteiger partial charge in [0.1, 0.15) is 24.7 Å². The van der Waals surface area contributed by atoms with E-state index in [1.54, 1.807) is 0 Å². The van der Waals surface area contributed by atoms with E-state index >= 15 is 0 Å². The molecule has 0 spiro atoms. The van der Waals surface area contributed by atoms with E-state index in [-0.39, 0.29) is 5.75 Å². The number of rotatable bonds is 7. The summed E-state index contributed by atoms with van der Waals surface area (Å²) in [5.41, 5.74) is 0. The van der Waals surface area contributed by atoms with Crippen molar-refractivity contribution in [2.45, 2.75) is 0 Å². The van der Waals surface area contributed by atoms with Crippen LogP contribution in [0.25, 0.3) is 0 Å². The number of nitrogens with zero attached hydrogens (tertiary/aromatic N) is 1. The smallest absolute Gasteiger partial charge is 0.323 e. The molecule has 2 N–H and O–H groups in total. The van der Waals surface area contributed by atoms with Crippen molar-refractivity contribution in [3.05, 3.63) is 30.1 Å².